The number of hydrogen-bond donors (Lipinski definition) is 0. The van der Waals surface area contributed by atoms with Gasteiger partial charge in [-0.3, -0.25) is 0 Å². The second-order valence-electron chi connectivity index (χ2n) is 6.36. The van der Waals surface area contributed by atoms with Gasteiger partial charge in [-0.2, -0.15) is 0 Å². The summed E-state index contributed by atoms with van der Waals surface area (Å²) in [4.78, 5) is 0. The number of aromatic nitrogens is 1. The smallest absolute Gasteiger partial charge is 0.167 e. The number of benzene rings is 1. The quantitative estimate of drug-likeness (QED) is 0.764. The van der Waals surface area contributed by atoms with Crippen molar-refractivity contribution in [3.05, 3.63) is 48.0 Å². The van der Waals surface area contributed by atoms with Crippen LogP contribution >= 0.6 is 0 Å². The number of nitrogens with zero attached hydrogens (tertiary/aromatic N) is 1. The highest BCUT2D eigenvalue weighted by Crippen LogP contribution is 2.48. The number of hydrogen-bond acceptors (Lipinski definition) is 3. The van der Waals surface area contributed by atoms with Crippen LogP contribution in [0.15, 0.2) is 35.4 Å². The normalized spacial score (nSPS) is 16.3. The number of halogens is 1. The van der Waals surface area contributed by atoms with E-state index >= 15 is 0 Å². The molecule has 0 saturated carbocycles. The van der Waals surface area contributed by atoms with Gasteiger partial charge in [0.05, 0.1) is 12.7 Å². The maximum Gasteiger partial charge on any atom is 0.167 e. The lowest BCUT2D eigenvalue weighted by Crippen LogP contribution is -2.10. The fourth-order valence-corrected chi connectivity index (χ4v) is 3.13. The van der Waals surface area contributed by atoms with E-state index in [0.29, 0.717) is 22.8 Å². The molecule has 0 atom stereocenters. The number of methoxy groups -OCH3 is 1. The van der Waals surface area contributed by atoms with Crippen molar-refractivity contribution in [3.63, 3.8) is 0 Å². The Balaban J connectivity index is 2.23. The van der Waals surface area contributed by atoms with E-state index in [1.54, 1.807) is 25.3 Å². The zero-order valence-corrected chi connectivity index (χ0v) is 13.6. The molecule has 1 aliphatic rings. The molecule has 3 rings (SSSR count). The molecule has 0 bridgehead atoms. The van der Waals surface area contributed by atoms with Crippen molar-refractivity contribution in [3.8, 4) is 17.0 Å². The molecule has 1 heterocycles. The van der Waals surface area contributed by atoms with Gasteiger partial charge in [0.2, 0.25) is 0 Å². The van der Waals surface area contributed by atoms with Crippen molar-refractivity contribution >= 4 is 11.6 Å². The molecule has 4 heteroatoms. The third-order valence-electron chi connectivity index (χ3n) is 4.45. The Hall–Kier alpha value is -2.36. The second kappa shape index (κ2) is 5.69. The molecule has 23 heavy (non-hydrogen) atoms. The van der Waals surface area contributed by atoms with Gasteiger partial charge in [0.1, 0.15) is 17.3 Å². The Morgan fingerprint density at radius 2 is 2.17 bits per heavy atom. The van der Waals surface area contributed by atoms with Gasteiger partial charge >= 0.3 is 0 Å². The molecular formula is C19H20FNO2. The summed E-state index contributed by atoms with van der Waals surface area (Å²) in [5.74, 6) is 0.797. The molecule has 1 aromatic carbocycles. The molecule has 0 saturated heterocycles. The van der Waals surface area contributed by atoms with Crippen molar-refractivity contribution in [1.29, 1.82) is 0 Å². The van der Waals surface area contributed by atoms with Gasteiger partial charge in [0.15, 0.2) is 5.76 Å². The maximum atomic E-state index is 14.4. The Labute approximate surface area is 135 Å². The summed E-state index contributed by atoms with van der Waals surface area (Å²) in [5, 5.41) is 4.12. The summed E-state index contributed by atoms with van der Waals surface area (Å²) in [6, 6.07) is 4.62. The first kappa shape index (κ1) is 15.5. The van der Waals surface area contributed by atoms with Gasteiger partial charge in [-0.15, -0.1) is 0 Å². The van der Waals surface area contributed by atoms with E-state index in [1.807, 2.05) is 0 Å². The minimum atomic E-state index is -0.354. The lowest BCUT2D eigenvalue weighted by atomic mass is 9.80. The monoisotopic (exact) mass is 313 g/mol. The molecule has 2 aromatic rings. The van der Waals surface area contributed by atoms with Gasteiger partial charge in [0, 0.05) is 5.56 Å². The van der Waals surface area contributed by atoms with Crippen LogP contribution in [-0.4, -0.2) is 12.3 Å². The third-order valence-corrected chi connectivity index (χ3v) is 4.45. The van der Waals surface area contributed by atoms with E-state index in [2.05, 4.69) is 31.7 Å². The summed E-state index contributed by atoms with van der Waals surface area (Å²) in [5.41, 5.74) is 2.82. The first-order valence-corrected chi connectivity index (χ1v) is 7.65. The first-order valence-electron chi connectivity index (χ1n) is 7.65. The van der Waals surface area contributed by atoms with Gasteiger partial charge < -0.3 is 9.26 Å². The van der Waals surface area contributed by atoms with E-state index < -0.39 is 0 Å². The molecule has 1 aliphatic carbocycles. The van der Waals surface area contributed by atoms with E-state index in [1.165, 1.54) is 6.07 Å². The molecule has 1 aromatic heterocycles. The van der Waals surface area contributed by atoms with Crippen LogP contribution in [0.1, 0.15) is 38.0 Å². The van der Waals surface area contributed by atoms with Gasteiger partial charge in [-0.1, -0.05) is 31.7 Å². The van der Waals surface area contributed by atoms with Crippen LogP contribution in [0.5, 0.6) is 5.75 Å². The standard InChI is InChI=1S/C19H20FNO2/c1-5-16-17(14-7-6-10-19(14,2)3)18(21-23-16)13-11-12(22-4)8-9-15(13)20/h5,7-9,11H,1,6,10H2,2-4H3. The summed E-state index contributed by atoms with van der Waals surface area (Å²) >= 11 is 0. The number of rotatable bonds is 4. The minimum Gasteiger partial charge on any atom is -0.497 e. The van der Waals surface area contributed by atoms with Crippen LogP contribution < -0.4 is 4.74 Å². The van der Waals surface area contributed by atoms with Crippen molar-refractivity contribution in [1.82, 2.24) is 5.16 Å². The van der Waals surface area contributed by atoms with Crippen molar-refractivity contribution in [2.24, 2.45) is 5.41 Å². The SMILES string of the molecule is C=Cc1onc(-c2cc(OC)ccc2F)c1C1=CCCC1(C)C. The van der Waals surface area contributed by atoms with Gasteiger partial charge in [0.25, 0.3) is 0 Å². The fraction of sp³-hybridized carbons (Fsp3) is 0.316. The molecule has 3 nitrogen and oxygen atoms in total. The highest BCUT2D eigenvalue weighted by molar-refractivity contribution is 5.86. The molecule has 120 valence electrons. The molecule has 0 spiro atoms. The van der Waals surface area contributed by atoms with Crippen LogP contribution in [0.4, 0.5) is 4.39 Å². The molecule has 0 amide bonds. The molecule has 0 aliphatic heterocycles. The maximum absolute atomic E-state index is 14.4. The Morgan fingerprint density at radius 1 is 1.39 bits per heavy atom. The highest BCUT2D eigenvalue weighted by atomic mass is 19.1. The Bertz CT molecular complexity index is 787. The third kappa shape index (κ3) is 2.58. The van der Waals surface area contributed by atoms with E-state index in [-0.39, 0.29) is 11.2 Å². The zero-order valence-electron chi connectivity index (χ0n) is 13.6. The van der Waals surface area contributed by atoms with Crippen LogP contribution in [-0.2, 0) is 0 Å². The summed E-state index contributed by atoms with van der Waals surface area (Å²) in [6.07, 6.45) is 5.84. The topological polar surface area (TPSA) is 35.3 Å². The first-order chi connectivity index (χ1) is 11.0. The van der Waals surface area contributed by atoms with Crippen LogP contribution in [0.3, 0.4) is 0 Å². The highest BCUT2D eigenvalue weighted by Gasteiger charge is 2.34. The van der Waals surface area contributed by atoms with Crippen LogP contribution in [0.2, 0.25) is 0 Å². The average molecular weight is 313 g/mol. The molecule has 0 fully saturated rings. The van der Waals surface area contributed by atoms with E-state index in [4.69, 9.17) is 9.26 Å². The number of ether oxygens (including phenoxy) is 1. The van der Waals surface area contributed by atoms with Gasteiger partial charge in [-0.25, -0.2) is 4.39 Å². The molecule has 0 N–H and O–H groups in total. The van der Waals surface area contributed by atoms with Crippen molar-refractivity contribution < 1.29 is 13.7 Å². The van der Waals surface area contributed by atoms with Gasteiger partial charge in [-0.05, 0) is 48.1 Å². The summed E-state index contributed by atoms with van der Waals surface area (Å²) < 4.78 is 25.0. The Kier molecular flexibility index (Phi) is 3.84. The predicted octanol–water partition coefficient (Wildman–Crippen LogP) is 5.34. The van der Waals surface area contributed by atoms with Crippen molar-refractivity contribution in [2.45, 2.75) is 26.7 Å². The van der Waals surface area contributed by atoms with Crippen LogP contribution in [0.25, 0.3) is 22.9 Å². The molecular weight excluding hydrogens is 293 g/mol. The van der Waals surface area contributed by atoms with Crippen LogP contribution in [0, 0.1) is 11.2 Å². The largest absolute Gasteiger partial charge is 0.497 e. The second-order valence-corrected chi connectivity index (χ2v) is 6.36. The average Bonchev–Trinajstić information content (AvgIpc) is 3.09. The zero-order chi connectivity index (χ0) is 16.6. The van der Waals surface area contributed by atoms with Crippen molar-refractivity contribution in [2.75, 3.05) is 7.11 Å². The molecule has 0 radical (unpaired) electrons. The number of allylic oxidation sites excluding steroid dienone is 2. The lowest BCUT2D eigenvalue weighted by molar-refractivity contribution is 0.411. The molecule has 0 unspecified atom stereocenters. The van der Waals surface area contributed by atoms with E-state index in [0.717, 1.165) is 24.0 Å². The fourth-order valence-electron chi connectivity index (χ4n) is 3.13. The Morgan fingerprint density at radius 3 is 2.78 bits per heavy atom. The lowest BCUT2D eigenvalue weighted by Gasteiger charge is -2.22. The summed E-state index contributed by atoms with van der Waals surface area (Å²) in [7, 11) is 1.55. The summed E-state index contributed by atoms with van der Waals surface area (Å²) in [6.45, 7) is 8.15. The minimum absolute atomic E-state index is 0.00654. The predicted molar refractivity (Wildman–Crippen MR) is 89.5 cm³/mol. The van der Waals surface area contributed by atoms with E-state index in [9.17, 15) is 4.39 Å².